The van der Waals surface area contributed by atoms with Crippen molar-refractivity contribution in [2.24, 2.45) is 0 Å². The van der Waals surface area contributed by atoms with E-state index in [1.807, 2.05) is 53.1 Å². The van der Waals surface area contributed by atoms with Crippen LogP contribution in [-0.4, -0.2) is 14.6 Å². The summed E-state index contributed by atoms with van der Waals surface area (Å²) in [5, 5.41) is 10.3. The maximum Gasteiger partial charge on any atom is 0.299 e. The quantitative estimate of drug-likeness (QED) is 0.301. The molecule has 0 atom stereocenters. The lowest BCUT2D eigenvalue weighted by atomic mass is 10.0. The molecule has 24 heavy (non-hydrogen) atoms. The molecule has 3 aromatic rings. The highest BCUT2D eigenvalue weighted by atomic mass is 17.0. The monoisotopic (exact) mass is 321 g/mol. The van der Waals surface area contributed by atoms with Crippen LogP contribution in [0.4, 0.5) is 0 Å². The maximum atomic E-state index is 11.1. The molecule has 3 rings (SSSR count). The molecule has 0 amide bonds. The maximum absolute atomic E-state index is 11.1. The molecule has 1 heterocycles. The SMILES string of the molecule is O=[N+]([O-])O/C(=C(/Cn1ccnc1)c1ccccc1)c1ccccc1. The summed E-state index contributed by atoms with van der Waals surface area (Å²) in [6, 6.07) is 18.5. The van der Waals surface area contributed by atoms with Gasteiger partial charge in [-0.2, -0.15) is 0 Å². The number of hydrogen-bond donors (Lipinski definition) is 0. The summed E-state index contributed by atoms with van der Waals surface area (Å²) in [5.41, 5.74) is 2.21. The second-order valence-corrected chi connectivity index (χ2v) is 5.09. The Labute approximate surface area is 138 Å². The van der Waals surface area contributed by atoms with Crippen molar-refractivity contribution in [3.63, 3.8) is 0 Å². The molecule has 6 nitrogen and oxygen atoms in total. The number of nitrogens with zero attached hydrogens (tertiary/aromatic N) is 3. The van der Waals surface area contributed by atoms with E-state index in [1.165, 1.54) is 0 Å². The largest absolute Gasteiger partial charge is 0.333 e. The number of imidazole rings is 1. The van der Waals surface area contributed by atoms with Gasteiger partial charge in [0.05, 0.1) is 12.9 Å². The molecule has 0 bridgehead atoms. The van der Waals surface area contributed by atoms with Crippen LogP contribution in [0.2, 0.25) is 0 Å². The average molecular weight is 321 g/mol. The van der Waals surface area contributed by atoms with E-state index >= 15 is 0 Å². The zero-order valence-corrected chi connectivity index (χ0v) is 12.8. The van der Waals surface area contributed by atoms with E-state index in [0.717, 1.165) is 5.56 Å². The minimum atomic E-state index is -0.779. The van der Waals surface area contributed by atoms with E-state index in [1.54, 1.807) is 30.9 Å². The fourth-order valence-corrected chi connectivity index (χ4v) is 2.44. The van der Waals surface area contributed by atoms with Crippen LogP contribution < -0.4 is 0 Å². The number of aromatic nitrogens is 2. The second-order valence-electron chi connectivity index (χ2n) is 5.09. The van der Waals surface area contributed by atoms with Gasteiger partial charge < -0.3 is 4.57 Å². The highest BCUT2D eigenvalue weighted by Crippen LogP contribution is 2.29. The van der Waals surface area contributed by atoms with Crippen LogP contribution in [0.1, 0.15) is 11.1 Å². The summed E-state index contributed by atoms with van der Waals surface area (Å²) in [4.78, 5) is 20.0. The number of hydrogen-bond acceptors (Lipinski definition) is 4. The van der Waals surface area contributed by atoms with Gasteiger partial charge in [0.15, 0.2) is 0 Å². The van der Waals surface area contributed by atoms with E-state index in [4.69, 9.17) is 4.84 Å². The van der Waals surface area contributed by atoms with Crippen LogP contribution in [0.25, 0.3) is 11.3 Å². The van der Waals surface area contributed by atoms with Gasteiger partial charge in [0.25, 0.3) is 5.09 Å². The van der Waals surface area contributed by atoms with Gasteiger partial charge in [-0.1, -0.05) is 60.7 Å². The molecule has 0 aliphatic carbocycles. The van der Waals surface area contributed by atoms with Crippen LogP contribution in [-0.2, 0) is 11.4 Å². The Kier molecular flexibility index (Phi) is 4.67. The lowest BCUT2D eigenvalue weighted by Crippen LogP contribution is -2.07. The first-order chi connectivity index (χ1) is 11.7. The second kappa shape index (κ2) is 7.23. The third-order valence-corrected chi connectivity index (χ3v) is 3.50. The molecule has 6 heteroatoms. The first-order valence-electron chi connectivity index (χ1n) is 7.36. The number of allylic oxidation sites excluding steroid dienone is 1. The standard InChI is InChI=1S/C18H15N3O3/c22-21(23)24-18(16-9-5-2-6-10-16)17(13-20-12-11-19-14-20)15-7-3-1-4-8-15/h1-12,14H,13H2/b18-17-. The zero-order chi connectivity index (χ0) is 16.8. The van der Waals surface area contributed by atoms with Gasteiger partial charge in [0.1, 0.15) is 5.76 Å². The van der Waals surface area contributed by atoms with Crippen LogP contribution in [0.15, 0.2) is 79.4 Å². The summed E-state index contributed by atoms with van der Waals surface area (Å²) < 4.78 is 1.84. The van der Waals surface area contributed by atoms with E-state index in [2.05, 4.69) is 4.98 Å². The molecule has 0 aliphatic rings. The fourth-order valence-electron chi connectivity index (χ4n) is 2.44. The predicted molar refractivity (Wildman–Crippen MR) is 90.0 cm³/mol. The lowest BCUT2D eigenvalue weighted by Gasteiger charge is -2.15. The summed E-state index contributed by atoms with van der Waals surface area (Å²) in [6.07, 6.45) is 5.13. The van der Waals surface area contributed by atoms with Crippen molar-refractivity contribution in [2.45, 2.75) is 6.54 Å². The van der Waals surface area contributed by atoms with Gasteiger partial charge in [0, 0.05) is 23.5 Å². The van der Waals surface area contributed by atoms with E-state index in [0.29, 0.717) is 17.7 Å². The normalized spacial score (nSPS) is 11.7. The van der Waals surface area contributed by atoms with Crippen LogP contribution in [0.3, 0.4) is 0 Å². The highest BCUT2D eigenvalue weighted by Gasteiger charge is 2.16. The minimum Gasteiger partial charge on any atom is -0.333 e. The van der Waals surface area contributed by atoms with Gasteiger partial charge in [-0.15, -0.1) is 10.1 Å². The van der Waals surface area contributed by atoms with E-state index < -0.39 is 5.09 Å². The Morgan fingerprint density at radius 1 is 1.04 bits per heavy atom. The van der Waals surface area contributed by atoms with Gasteiger partial charge in [-0.05, 0) is 5.56 Å². The van der Waals surface area contributed by atoms with Crippen LogP contribution in [0, 0.1) is 10.1 Å². The minimum absolute atomic E-state index is 0.223. The zero-order valence-electron chi connectivity index (χ0n) is 12.8. The van der Waals surface area contributed by atoms with Crippen molar-refractivity contribution < 1.29 is 9.92 Å². The van der Waals surface area contributed by atoms with Crippen molar-refractivity contribution in [1.82, 2.24) is 9.55 Å². The van der Waals surface area contributed by atoms with Crippen LogP contribution >= 0.6 is 0 Å². The molecule has 0 saturated heterocycles. The topological polar surface area (TPSA) is 70.2 Å². The van der Waals surface area contributed by atoms with Gasteiger partial charge in [0.2, 0.25) is 0 Å². The summed E-state index contributed by atoms with van der Waals surface area (Å²) >= 11 is 0. The molecule has 120 valence electrons. The molecule has 0 unspecified atom stereocenters. The van der Waals surface area contributed by atoms with Crippen molar-refractivity contribution in [1.29, 1.82) is 0 Å². The first-order valence-corrected chi connectivity index (χ1v) is 7.36. The smallest absolute Gasteiger partial charge is 0.299 e. The highest BCUT2D eigenvalue weighted by molar-refractivity contribution is 5.87. The number of rotatable bonds is 6. The van der Waals surface area contributed by atoms with Crippen molar-refractivity contribution >= 4 is 11.3 Å². The van der Waals surface area contributed by atoms with Gasteiger partial charge in [-0.3, -0.25) is 4.84 Å². The van der Waals surface area contributed by atoms with Crippen molar-refractivity contribution in [3.8, 4) is 0 Å². The molecule has 1 aromatic heterocycles. The van der Waals surface area contributed by atoms with Crippen LogP contribution in [0.5, 0.6) is 0 Å². The predicted octanol–water partition coefficient (Wildman–Crippen LogP) is 3.66. The van der Waals surface area contributed by atoms with E-state index in [9.17, 15) is 10.1 Å². The Bertz CT molecular complexity index is 828. The van der Waals surface area contributed by atoms with Gasteiger partial charge >= 0.3 is 0 Å². The molecule has 2 aromatic carbocycles. The third kappa shape index (κ3) is 3.67. The molecule has 0 radical (unpaired) electrons. The molecular formula is C18H15N3O3. The summed E-state index contributed by atoms with van der Waals surface area (Å²) in [5.74, 6) is 0.223. The molecule has 0 fully saturated rings. The third-order valence-electron chi connectivity index (χ3n) is 3.50. The Hall–Kier alpha value is -3.41. The summed E-state index contributed by atoms with van der Waals surface area (Å²) in [6.45, 7) is 0.405. The Morgan fingerprint density at radius 3 is 2.21 bits per heavy atom. The molecule has 0 aliphatic heterocycles. The molecule has 0 spiro atoms. The van der Waals surface area contributed by atoms with Gasteiger partial charge in [-0.25, -0.2) is 4.98 Å². The fraction of sp³-hybridized carbons (Fsp3) is 0.0556. The molecular weight excluding hydrogens is 306 g/mol. The average Bonchev–Trinajstić information content (AvgIpc) is 3.12. The first kappa shape index (κ1) is 15.5. The number of benzene rings is 2. The molecule has 0 saturated carbocycles. The Balaban J connectivity index is 2.16. The Morgan fingerprint density at radius 2 is 1.67 bits per heavy atom. The van der Waals surface area contributed by atoms with E-state index in [-0.39, 0.29) is 5.76 Å². The molecule has 0 N–H and O–H groups in total. The van der Waals surface area contributed by atoms with Crippen molar-refractivity contribution in [3.05, 3.63) is 101 Å². The van der Waals surface area contributed by atoms with Crippen molar-refractivity contribution in [2.75, 3.05) is 0 Å². The lowest BCUT2D eigenvalue weighted by molar-refractivity contribution is -0.730. The summed E-state index contributed by atoms with van der Waals surface area (Å²) in [7, 11) is 0.